The zero-order chi connectivity index (χ0) is 14.9. The molecule has 2 aromatic carbocycles. The Labute approximate surface area is 138 Å². The number of carbonyl (C=O) groups is 1. The van der Waals surface area contributed by atoms with E-state index >= 15 is 0 Å². The first kappa shape index (κ1) is 17.8. The molecule has 0 radical (unpaired) electrons. The molecule has 0 aromatic heterocycles. The maximum absolute atomic E-state index is 11.9. The van der Waals surface area contributed by atoms with Gasteiger partial charge in [-0.05, 0) is 53.2 Å². The number of hydrogen-bond acceptors (Lipinski definition) is 2. The van der Waals surface area contributed by atoms with Gasteiger partial charge in [-0.1, -0.05) is 36.4 Å². The summed E-state index contributed by atoms with van der Waals surface area (Å²) in [6.45, 7) is 5.60. The number of hydrogen-bond donors (Lipinski definition) is 1. The van der Waals surface area contributed by atoms with Crippen molar-refractivity contribution in [1.82, 2.24) is 0 Å². The van der Waals surface area contributed by atoms with Crippen molar-refractivity contribution in [3.63, 3.8) is 0 Å². The maximum atomic E-state index is 11.9. The van der Waals surface area contributed by atoms with E-state index in [1.807, 2.05) is 50.2 Å². The number of benzene rings is 2. The van der Waals surface area contributed by atoms with Crippen molar-refractivity contribution in [2.75, 3.05) is 0 Å². The van der Waals surface area contributed by atoms with Gasteiger partial charge in [0, 0.05) is 0 Å². The molecule has 0 saturated carbocycles. The standard InChI is InChI=1S/C16H15O3P.Li.H/c1-10-9-11(2)15(16(17)20(18)19)12(3)14(10)13-7-5-4-6-8-13;;/h4-9H,1-3H3;;/q;+1;-1/p+1. The molecule has 3 nitrogen and oxygen atoms in total. The Balaban J connectivity index is 0.00000220. The quantitative estimate of drug-likeness (QED) is 0.685. The number of carbonyl (C=O) groups excluding carboxylic acids is 1. The molecule has 0 saturated heterocycles. The molecule has 0 aliphatic heterocycles. The van der Waals surface area contributed by atoms with Crippen molar-refractivity contribution in [2.24, 2.45) is 0 Å². The van der Waals surface area contributed by atoms with Gasteiger partial charge in [-0.2, -0.15) is 4.89 Å². The van der Waals surface area contributed by atoms with Gasteiger partial charge < -0.3 is 1.43 Å². The van der Waals surface area contributed by atoms with Crippen LogP contribution in [0.25, 0.3) is 11.1 Å². The average Bonchev–Trinajstić information content (AvgIpc) is 2.39. The Morgan fingerprint density at radius 1 is 1.10 bits per heavy atom. The average molecular weight is 295 g/mol. The fraction of sp³-hybridized carbons (Fsp3) is 0.188. The molecule has 1 N–H and O–H groups in total. The van der Waals surface area contributed by atoms with Gasteiger partial charge in [-0.25, -0.2) is 4.79 Å². The van der Waals surface area contributed by atoms with E-state index in [1.165, 1.54) is 0 Å². The minimum Gasteiger partial charge on any atom is -1.00 e. The van der Waals surface area contributed by atoms with Gasteiger partial charge in [0.15, 0.2) is 0 Å². The third-order valence-corrected chi connectivity index (χ3v) is 3.99. The second-order valence-corrected chi connectivity index (χ2v) is 5.78. The fourth-order valence-corrected chi connectivity index (χ4v) is 3.19. The Kier molecular flexibility index (Phi) is 6.07. The van der Waals surface area contributed by atoms with E-state index in [-0.39, 0.29) is 20.3 Å². The predicted octanol–water partition coefficient (Wildman–Crippen LogP) is 1.27. The van der Waals surface area contributed by atoms with Crippen molar-refractivity contribution in [3.05, 3.63) is 58.7 Å². The molecule has 0 spiro atoms. The van der Waals surface area contributed by atoms with Crippen LogP contribution in [0.3, 0.4) is 0 Å². The fourth-order valence-electron chi connectivity index (χ4n) is 2.66. The van der Waals surface area contributed by atoms with E-state index in [1.54, 1.807) is 6.92 Å². The van der Waals surface area contributed by atoms with Crippen molar-refractivity contribution in [3.8, 4) is 11.1 Å². The third kappa shape index (κ3) is 3.51. The molecule has 0 aliphatic rings. The van der Waals surface area contributed by atoms with Gasteiger partial charge in [-0.15, -0.1) is 0 Å². The van der Waals surface area contributed by atoms with Gasteiger partial charge in [0.1, 0.15) is 0 Å². The summed E-state index contributed by atoms with van der Waals surface area (Å²) in [4.78, 5) is 21.1. The first-order valence-electron chi connectivity index (χ1n) is 6.30. The summed E-state index contributed by atoms with van der Waals surface area (Å²) in [6, 6.07) is 11.6. The van der Waals surface area contributed by atoms with Crippen molar-refractivity contribution in [2.45, 2.75) is 20.8 Å². The maximum Gasteiger partial charge on any atom is 1.00 e. The Bertz CT molecular complexity index is 702. The summed E-state index contributed by atoms with van der Waals surface area (Å²) in [7, 11) is -2.85. The zero-order valence-electron chi connectivity index (χ0n) is 13.7. The van der Waals surface area contributed by atoms with Crippen LogP contribution in [0.5, 0.6) is 0 Å². The second kappa shape index (κ2) is 7.16. The van der Waals surface area contributed by atoms with Crippen molar-refractivity contribution >= 4 is 13.6 Å². The summed E-state index contributed by atoms with van der Waals surface area (Å²) in [6.07, 6.45) is 0. The molecule has 2 aromatic rings. The van der Waals surface area contributed by atoms with Gasteiger partial charge in [-0.3, -0.25) is 0 Å². The molecular formula is C16H17LiO3P+. The van der Waals surface area contributed by atoms with Crippen LogP contribution >= 0.6 is 8.03 Å². The van der Waals surface area contributed by atoms with Crippen molar-refractivity contribution in [1.29, 1.82) is 0 Å². The van der Waals surface area contributed by atoms with E-state index in [0.717, 1.165) is 27.8 Å². The van der Waals surface area contributed by atoms with Crippen LogP contribution in [0.1, 0.15) is 28.5 Å². The predicted molar refractivity (Wildman–Crippen MR) is 81.4 cm³/mol. The van der Waals surface area contributed by atoms with E-state index in [0.29, 0.717) is 5.56 Å². The van der Waals surface area contributed by atoms with E-state index < -0.39 is 13.6 Å². The number of rotatable bonds is 3. The molecule has 5 heteroatoms. The first-order valence-corrected chi connectivity index (χ1v) is 7.51. The molecule has 0 fully saturated rings. The molecule has 0 aliphatic carbocycles. The third-order valence-electron chi connectivity index (χ3n) is 3.42. The molecule has 1 unspecified atom stereocenters. The second-order valence-electron chi connectivity index (χ2n) is 4.83. The Hall–Kier alpha value is -1.23. The molecule has 104 valence electrons. The van der Waals surface area contributed by atoms with Crippen LogP contribution < -0.4 is 18.9 Å². The monoisotopic (exact) mass is 295 g/mol. The Morgan fingerprint density at radius 2 is 1.67 bits per heavy atom. The van der Waals surface area contributed by atoms with Crippen LogP contribution in [0.4, 0.5) is 0 Å². The van der Waals surface area contributed by atoms with E-state index in [4.69, 9.17) is 4.89 Å². The molecule has 0 bridgehead atoms. The number of aryl methyl sites for hydroxylation is 2. The molecule has 1 atom stereocenters. The van der Waals surface area contributed by atoms with Crippen LogP contribution in [-0.4, -0.2) is 10.4 Å². The molecule has 0 heterocycles. The van der Waals surface area contributed by atoms with Crippen LogP contribution in [0, 0.1) is 20.8 Å². The van der Waals surface area contributed by atoms with Gasteiger partial charge in [0.2, 0.25) is 0 Å². The van der Waals surface area contributed by atoms with Gasteiger partial charge >= 0.3 is 32.4 Å². The summed E-state index contributed by atoms with van der Waals surface area (Å²) in [5, 5.41) is 0. The van der Waals surface area contributed by atoms with E-state index in [9.17, 15) is 9.36 Å². The van der Waals surface area contributed by atoms with Crippen LogP contribution in [0.15, 0.2) is 36.4 Å². The van der Waals surface area contributed by atoms with Crippen LogP contribution in [-0.2, 0) is 4.57 Å². The summed E-state index contributed by atoms with van der Waals surface area (Å²) >= 11 is 0. The van der Waals surface area contributed by atoms with E-state index in [2.05, 4.69) is 0 Å². The summed E-state index contributed by atoms with van der Waals surface area (Å²) in [5.74, 6) is 0. The van der Waals surface area contributed by atoms with Crippen molar-refractivity contribution < 1.29 is 34.5 Å². The molecule has 21 heavy (non-hydrogen) atoms. The largest absolute Gasteiger partial charge is 1.00 e. The topological polar surface area (TPSA) is 54.4 Å². The first-order chi connectivity index (χ1) is 9.43. The Morgan fingerprint density at radius 3 is 2.19 bits per heavy atom. The smallest absolute Gasteiger partial charge is 1.00 e. The zero-order valence-corrected chi connectivity index (χ0v) is 13.6. The molecule has 2 rings (SSSR count). The van der Waals surface area contributed by atoms with Gasteiger partial charge in [0.25, 0.3) is 0 Å². The molecular weight excluding hydrogens is 278 g/mol. The minimum absolute atomic E-state index is 0. The SMILES string of the molecule is Cc1cc(C)c(-c2ccccc2)c(C)c1C(=O)[P+](=O)O.[H-].[Li+]. The summed E-state index contributed by atoms with van der Waals surface area (Å²) < 4.78 is 11.1. The summed E-state index contributed by atoms with van der Waals surface area (Å²) in [5.41, 5.74) is 4.17. The van der Waals surface area contributed by atoms with Gasteiger partial charge in [0.05, 0.1) is 5.56 Å². The minimum atomic E-state index is -2.85. The molecule has 0 amide bonds. The normalized spacial score (nSPS) is 10.8. The van der Waals surface area contributed by atoms with Crippen LogP contribution in [0.2, 0.25) is 0 Å².